The van der Waals surface area contributed by atoms with E-state index in [0.717, 1.165) is 12.2 Å². The normalized spacial score (nSPS) is 12.4. The molecule has 32 nitrogen and oxygen atoms in total. The predicted molar refractivity (Wildman–Crippen MR) is 480 cm³/mol. The van der Waals surface area contributed by atoms with Gasteiger partial charge >= 0.3 is 36.1 Å². The zero-order chi connectivity index (χ0) is 91.7. The van der Waals surface area contributed by atoms with Gasteiger partial charge in [0.15, 0.2) is 0 Å². The second-order valence-corrected chi connectivity index (χ2v) is 30.4. The zero-order valence-corrected chi connectivity index (χ0v) is 74.0. The molecular weight excluding hydrogens is 1660 g/mol. The topological polar surface area (TPSA) is 391 Å². The SMILES string of the molecule is CC(C)(C)OC(=O)/C=C/c1ccc(/C=C/C(=O)OC(C)(C)C)c(NC(=O)CCOCCOCCOCCOCCOCCOCCOCCNC(=O)OCC2c3ccccc3-c3ccccc32)c1.O=C(O)/C=C/c1ccc(/C=C/C(=O)O)c(NC(=O)CCOCCOCCOCCOCCOCCOCCOCCNC(=O)OCC2c3ccccc3-c3ccccc32)c1. The number of fused-ring (bicyclic) bond motifs is 6. The number of ether oxygens (including phenoxy) is 18. The van der Waals surface area contributed by atoms with E-state index in [0.29, 0.717) is 212 Å². The highest BCUT2D eigenvalue weighted by molar-refractivity contribution is 5.97. The third-order valence-electron chi connectivity index (χ3n) is 18.3. The Morgan fingerprint density at radius 1 is 0.312 bits per heavy atom. The number of hydrogen-bond donors (Lipinski definition) is 6. The van der Waals surface area contributed by atoms with Crippen LogP contribution in [-0.2, 0) is 114 Å². The van der Waals surface area contributed by atoms with Crippen LogP contribution >= 0.6 is 0 Å². The zero-order valence-electron chi connectivity index (χ0n) is 74.0. The van der Waals surface area contributed by atoms with E-state index in [9.17, 15) is 38.4 Å². The van der Waals surface area contributed by atoms with E-state index in [1.54, 1.807) is 90.1 Å². The number of benzene rings is 6. The Kier molecular flexibility index (Phi) is 49.4. The maximum absolute atomic E-state index is 12.8. The minimum Gasteiger partial charge on any atom is -0.478 e. The first-order chi connectivity index (χ1) is 62.0. The quantitative estimate of drug-likeness (QED) is 0.00894. The van der Waals surface area contributed by atoms with Gasteiger partial charge in [-0.25, -0.2) is 28.8 Å². The molecule has 0 saturated heterocycles. The van der Waals surface area contributed by atoms with Gasteiger partial charge in [-0.1, -0.05) is 121 Å². The van der Waals surface area contributed by atoms with E-state index >= 15 is 0 Å². The standard InChI is InChI=1S/C52H70N2O14.C44H54N2O14/c1-51(2,3)67-48(56)19-16-39-15-17-40(18-20-49(57)68-52(4,5)6)46(37-39)54-47(55)21-23-59-25-27-61-29-31-63-33-35-65-36-34-64-32-30-62-28-26-60-24-22-53-50(58)66-38-45-43-13-9-7-11-41(43)42-12-8-10-14-44(42)45;47-41(46-40-31-33(10-13-42(48)49)9-11-34(40)12-14-43(50)51)15-17-53-19-21-55-23-25-57-27-29-59-30-28-58-26-24-56-22-20-54-18-16-45-44(52)60-32-39-37-7-3-1-5-35(37)36-6-2-4-8-38(36)39/h7-20,37,45H,21-36,38H2,1-6H3,(H,53,58)(H,54,55);1-14,31,39H,15-30,32H2,(H,45,52)(H,46,47)(H,48,49)(H,50,51)/b19-16+,20-18+;13-10+,14-12+. The number of carboxylic acid groups (broad SMARTS) is 2. The molecule has 0 unspecified atom stereocenters. The van der Waals surface area contributed by atoms with Crippen molar-refractivity contribution in [1.82, 2.24) is 10.6 Å². The van der Waals surface area contributed by atoms with Crippen molar-refractivity contribution in [2.45, 2.75) is 77.4 Å². The summed E-state index contributed by atoms with van der Waals surface area (Å²) in [5.74, 6) is -3.89. The van der Waals surface area contributed by atoms with E-state index in [2.05, 4.69) is 69.8 Å². The Labute approximate surface area is 748 Å². The number of nitrogens with one attached hydrogen (secondary N) is 4. The monoisotopic (exact) mass is 1780 g/mol. The van der Waals surface area contributed by atoms with Gasteiger partial charge in [-0.15, -0.1) is 0 Å². The Morgan fingerprint density at radius 2 is 0.562 bits per heavy atom. The molecule has 2 aliphatic rings. The molecule has 6 N–H and O–H groups in total. The molecule has 0 atom stereocenters. The molecule has 0 saturated carbocycles. The number of carbonyl (C=O) groups is 8. The lowest BCUT2D eigenvalue weighted by Crippen LogP contribution is -2.29. The van der Waals surface area contributed by atoms with Crippen LogP contribution in [0.2, 0.25) is 0 Å². The number of rotatable bonds is 62. The van der Waals surface area contributed by atoms with Gasteiger partial charge in [0.25, 0.3) is 0 Å². The first-order valence-corrected chi connectivity index (χ1v) is 42.8. The smallest absolute Gasteiger partial charge is 0.407 e. The maximum Gasteiger partial charge on any atom is 0.407 e. The molecule has 0 aliphatic heterocycles. The second kappa shape index (κ2) is 60.7. The fraction of sp³-hybridized carbons (Fsp3) is 0.458. The van der Waals surface area contributed by atoms with Gasteiger partial charge < -0.3 is 117 Å². The molecule has 32 heteroatoms. The van der Waals surface area contributed by atoms with Gasteiger partial charge in [-0.05, 0) is 145 Å². The van der Waals surface area contributed by atoms with Gasteiger partial charge in [0.1, 0.15) is 24.4 Å². The molecule has 6 aromatic carbocycles. The molecule has 696 valence electrons. The van der Waals surface area contributed by atoms with Crippen LogP contribution in [0.25, 0.3) is 46.6 Å². The van der Waals surface area contributed by atoms with Crippen molar-refractivity contribution in [2.24, 2.45) is 0 Å². The summed E-state index contributed by atoms with van der Waals surface area (Å²) in [6.07, 6.45) is 9.56. The molecule has 0 fully saturated rings. The third kappa shape index (κ3) is 43.7. The summed E-state index contributed by atoms with van der Waals surface area (Å²) in [4.78, 5) is 96.1. The summed E-state index contributed by atoms with van der Waals surface area (Å²) in [7, 11) is 0. The lowest BCUT2D eigenvalue weighted by atomic mass is 9.98. The highest BCUT2D eigenvalue weighted by Gasteiger charge is 2.31. The lowest BCUT2D eigenvalue weighted by Gasteiger charge is -2.18. The Hall–Kier alpha value is -10.9. The van der Waals surface area contributed by atoms with Crippen molar-refractivity contribution in [3.8, 4) is 22.3 Å². The number of esters is 2. The Balaban J connectivity index is 0.000000353. The van der Waals surface area contributed by atoms with E-state index < -0.39 is 47.3 Å². The van der Waals surface area contributed by atoms with Crippen LogP contribution in [-0.4, -0.2) is 281 Å². The van der Waals surface area contributed by atoms with Crippen molar-refractivity contribution in [2.75, 3.05) is 222 Å². The molecular formula is C96H124N4O28. The van der Waals surface area contributed by atoms with Gasteiger partial charge in [0, 0.05) is 60.6 Å². The molecule has 0 radical (unpaired) electrons. The second-order valence-electron chi connectivity index (χ2n) is 30.4. The molecule has 4 amide bonds. The number of alkyl carbamates (subject to hydrolysis) is 2. The first kappa shape index (κ1) is 104. The highest BCUT2D eigenvalue weighted by Crippen LogP contribution is 2.46. The van der Waals surface area contributed by atoms with Crippen molar-refractivity contribution >= 4 is 83.6 Å². The van der Waals surface area contributed by atoms with Crippen LogP contribution in [0.4, 0.5) is 21.0 Å². The third-order valence-corrected chi connectivity index (χ3v) is 18.3. The molecule has 0 heterocycles. The molecule has 8 rings (SSSR count). The molecule has 6 aromatic rings. The van der Waals surface area contributed by atoms with Gasteiger partial charge in [-0.3, -0.25) is 9.59 Å². The average Bonchev–Trinajstić information content (AvgIpc) is 1.62. The fourth-order valence-electron chi connectivity index (χ4n) is 12.5. The summed E-state index contributed by atoms with van der Waals surface area (Å²) in [5.41, 5.74) is 11.1. The number of aliphatic carboxylic acids is 2. The number of carboxylic acids is 2. The lowest BCUT2D eigenvalue weighted by molar-refractivity contribution is -0.149. The van der Waals surface area contributed by atoms with E-state index in [1.165, 1.54) is 68.8 Å². The van der Waals surface area contributed by atoms with Gasteiger partial charge in [-0.2, -0.15) is 0 Å². The minimum absolute atomic E-state index is 0.0177. The Morgan fingerprint density at radius 3 is 0.852 bits per heavy atom. The van der Waals surface area contributed by atoms with Gasteiger partial charge in [0.05, 0.1) is 198 Å². The van der Waals surface area contributed by atoms with E-state index in [1.807, 2.05) is 48.5 Å². The van der Waals surface area contributed by atoms with Crippen LogP contribution in [0.3, 0.4) is 0 Å². The van der Waals surface area contributed by atoms with Crippen LogP contribution in [0, 0.1) is 0 Å². The number of anilines is 2. The maximum atomic E-state index is 12.8. The van der Waals surface area contributed by atoms with Crippen LogP contribution in [0.15, 0.2) is 158 Å². The van der Waals surface area contributed by atoms with Crippen molar-refractivity contribution in [3.63, 3.8) is 0 Å². The molecule has 0 bridgehead atoms. The van der Waals surface area contributed by atoms with Crippen molar-refractivity contribution in [3.05, 3.63) is 202 Å². The summed E-state index contributed by atoms with van der Waals surface area (Å²) < 4.78 is 99.0. The summed E-state index contributed by atoms with van der Waals surface area (Å²) in [6, 6.07) is 42.8. The number of amides is 4. The van der Waals surface area contributed by atoms with Crippen LogP contribution < -0.4 is 21.3 Å². The average molecular weight is 1780 g/mol. The summed E-state index contributed by atoms with van der Waals surface area (Å²) in [6.45, 7) is 22.4. The Bertz CT molecular complexity index is 4390. The highest BCUT2D eigenvalue weighted by atomic mass is 16.6. The minimum atomic E-state index is -1.15. The van der Waals surface area contributed by atoms with E-state index in [-0.39, 0.29) is 69.5 Å². The molecule has 128 heavy (non-hydrogen) atoms. The van der Waals surface area contributed by atoms with Crippen molar-refractivity contribution in [1.29, 1.82) is 0 Å². The summed E-state index contributed by atoms with van der Waals surface area (Å²) in [5, 5.41) is 28.8. The molecule has 0 spiro atoms. The fourth-order valence-corrected chi connectivity index (χ4v) is 12.5. The van der Waals surface area contributed by atoms with Crippen molar-refractivity contribution < 1.29 is 134 Å². The molecule has 2 aliphatic carbocycles. The first-order valence-electron chi connectivity index (χ1n) is 42.8. The van der Waals surface area contributed by atoms with Gasteiger partial charge in [0.2, 0.25) is 11.8 Å². The van der Waals surface area contributed by atoms with Crippen LogP contribution in [0.5, 0.6) is 0 Å². The largest absolute Gasteiger partial charge is 0.478 e. The van der Waals surface area contributed by atoms with Crippen LogP contribution in [0.1, 0.15) is 111 Å². The number of hydrogen-bond acceptors (Lipinski definition) is 26. The summed E-state index contributed by atoms with van der Waals surface area (Å²) >= 11 is 0. The van der Waals surface area contributed by atoms with E-state index in [4.69, 9.17) is 95.5 Å². The predicted octanol–water partition coefficient (Wildman–Crippen LogP) is 12.2. The molecule has 0 aromatic heterocycles. The number of carbonyl (C=O) groups excluding carboxylic acids is 6.